The molecule has 0 aromatic heterocycles. The van der Waals surface area contributed by atoms with Crippen molar-refractivity contribution >= 4 is 23.5 Å². The lowest BCUT2D eigenvalue weighted by molar-refractivity contribution is -0.144. The van der Waals surface area contributed by atoms with Gasteiger partial charge in [-0.1, -0.05) is 72.8 Å². The van der Waals surface area contributed by atoms with Crippen LogP contribution < -0.4 is 5.32 Å². The standard InChI is InChI=1S/C30H29NO6/c32-27-17-23(13-19-7-3-1-4-8-19)28(33)21-11-12-22(25(27)15-21)18-31-26(30(36)37)16-24(29(34)35)14-20-9-5-2-6-10-20/h1-12,15,23-24,26,31H,13-14,16-18H2,(H,34,35)(H,36,37). The van der Waals surface area contributed by atoms with Gasteiger partial charge in [0.2, 0.25) is 0 Å². The third-order valence-electron chi connectivity index (χ3n) is 6.85. The molecule has 37 heavy (non-hydrogen) atoms. The van der Waals surface area contributed by atoms with Crippen molar-refractivity contribution in [1.82, 2.24) is 5.32 Å². The Balaban J connectivity index is 1.46. The van der Waals surface area contributed by atoms with Gasteiger partial charge in [-0.25, -0.2) is 0 Å². The Hall–Kier alpha value is -4.10. The van der Waals surface area contributed by atoms with Gasteiger partial charge in [0.1, 0.15) is 6.04 Å². The molecule has 1 aliphatic rings. The Labute approximate surface area is 215 Å². The first kappa shape index (κ1) is 26.0. The van der Waals surface area contributed by atoms with Crippen LogP contribution >= 0.6 is 0 Å². The summed E-state index contributed by atoms with van der Waals surface area (Å²) in [6, 6.07) is 22.5. The van der Waals surface area contributed by atoms with E-state index in [9.17, 15) is 29.4 Å². The van der Waals surface area contributed by atoms with Gasteiger partial charge in [-0.05, 0) is 42.0 Å². The highest BCUT2D eigenvalue weighted by atomic mass is 16.4. The van der Waals surface area contributed by atoms with Gasteiger partial charge in [-0.2, -0.15) is 0 Å². The lowest BCUT2D eigenvalue weighted by Crippen LogP contribution is -2.40. The van der Waals surface area contributed by atoms with E-state index in [2.05, 4.69) is 5.32 Å². The van der Waals surface area contributed by atoms with Crippen LogP contribution in [0.25, 0.3) is 0 Å². The van der Waals surface area contributed by atoms with E-state index in [1.807, 2.05) is 60.7 Å². The van der Waals surface area contributed by atoms with E-state index in [1.54, 1.807) is 18.2 Å². The molecule has 0 amide bonds. The van der Waals surface area contributed by atoms with Crippen LogP contribution in [0.5, 0.6) is 0 Å². The minimum Gasteiger partial charge on any atom is -0.481 e. The van der Waals surface area contributed by atoms with Crippen LogP contribution in [0.4, 0.5) is 0 Å². The first-order valence-electron chi connectivity index (χ1n) is 12.3. The lowest BCUT2D eigenvalue weighted by Gasteiger charge is -2.20. The van der Waals surface area contributed by atoms with Crippen molar-refractivity contribution in [2.45, 2.75) is 38.3 Å². The molecule has 0 spiro atoms. The Morgan fingerprint density at radius 1 is 0.865 bits per heavy atom. The number of fused-ring (bicyclic) bond motifs is 2. The van der Waals surface area contributed by atoms with Gasteiger partial charge >= 0.3 is 11.9 Å². The number of nitrogens with one attached hydrogen (secondary N) is 1. The molecule has 3 aromatic rings. The molecule has 3 aromatic carbocycles. The van der Waals surface area contributed by atoms with Gasteiger partial charge in [0.05, 0.1) is 5.92 Å². The molecular formula is C30H29NO6. The summed E-state index contributed by atoms with van der Waals surface area (Å²) in [6.07, 6.45) is 0.648. The highest BCUT2D eigenvalue weighted by Crippen LogP contribution is 2.27. The van der Waals surface area contributed by atoms with Crippen molar-refractivity contribution in [3.63, 3.8) is 0 Å². The summed E-state index contributed by atoms with van der Waals surface area (Å²) in [7, 11) is 0. The molecule has 3 N–H and O–H groups in total. The number of hydrogen-bond donors (Lipinski definition) is 3. The maximum atomic E-state index is 13.1. The third-order valence-corrected chi connectivity index (χ3v) is 6.85. The largest absolute Gasteiger partial charge is 0.481 e. The van der Waals surface area contributed by atoms with Crippen molar-refractivity contribution in [3.05, 3.63) is 107 Å². The van der Waals surface area contributed by atoms with E-state index in [4.69, 9.17) is 0 Å². The van der Waals surface area contributed by atoms with E-state index >= 15 is 0 Å². The normalized spacial score (nSPS) is 16.6. The van der Waals surface area contributed by atoms with Gasteiger partial charge in [0.25, 0.3) is 0 Å². The summed E-state index contributed by atoms with van der Waals surface area (Å²) in [4.78, 5) is 50.0. The van der Waals surface area contributed by atoms with Crippen LogP contribution in [-0.2, 0) is 29.0 Å². The zero-order chi connectivity index (χ0) is 26.4. The molecule has 0 saturated heterocycles. The molecule has 1 aliphatic carbocycles. The quantitative estimate of drug-likeness (QED) is 0.362. The maximum absolute atomic E-state index is 13.1. The molecule has 2 bridgehead atoms. The predicted octanol–water partition coefficient (Wildman–Crippen LogP) is 4.19. The molecule has 0 saturated carbocycles. The Bertz CT molecular complexity index is 1290. The van der Waals surface area contributed by atoms with Crippen molar-refractivity contribution in [2.75, 3.05) is 0 Å². The Morgan fingerprint density at radius 3 is 2.14 bits per heavy atom. The minimum absolute atomic E-state index is 0.0630. The van der Waals surface area contributed by atoms with E-state index in [-0.39, 0.29) is 37.4 Å². The second-order valence-corrected chi connectivity index (χ2v) is 9.48. The van der Waals surface area contributed by atoms with Gasteiger partial charge in [0, 0.05) is 30.0 Å². The minimum atomic E-state index is -1.16. The SMILES string of the molecule is O=C1CC(Cc2ccccc2)C(=O)c2ccc(CNC(CC(Cc3ccccc3)C(=O)O)C(=O)O)c1c2. The first-order chi connectivity index (χ1) is 17.8. The van der Waals surface area contributed by atoms with Crippen molar-refractivity contribution in [2.24, 2.45) is 11.8 Å². The van der Waals surface area contributed by atoms with Crippen molar-refractivity contribution in [3.8, 4) is 0 Å². The third kappa shape index (κ3) is 6.57. The maximum Gasteiger partial charge on any atom is 0.320 e. The van der Waals surface area contributed by atoms with Crippen LogP contribution in [0, 0.1) is 11.8 Å². The zero-order valence-electron chi connectivity index (χ0n) is 20.3. The van der Waals surface area contributed by atoms with Crippen LogP contribution in [0.3, 0.4) is 0 Å². The Kier molecular flexibility index (Phi) is 8.25. The summed E-state index contributed by atoms with van der Waals surface area (Å²) in [5.74, 6) is -3.82. The topological polar surface area (TPSA) is 121 Å². The lowest BCUT2D eigenvalue weighted by atomic mass is 9.89. The molecular weight excluding hydrogens is 470 g/mol. The summed E-state index contributed by atoms with van der Waals surface area (Å²) >= 11 is 0. The van der Waals surface area contributed by atoms with Gasteiger partial charge < -0.3 is 15.5 Å². The number of carboxylic acid groups (broad SMARTS) is 2. The molecule has 190 valence electrons. The number of carbonyl (C=O) groups is 4. The average molecular weight is 500 g/mol. The Morgan fingerprint density at radius 2 is 1.51 bits per heavy atom. The molecule has 0 heterocycles. The fourth-order valence-corrected chi connectivity index (χ4v) is 4.83. The van der Waals surface area contributed by atoms with Crippen LogP contribution in [0.2, 0.25) is 0 Å². The molecule has 0 aliphatic heterocycles. The van der Waals surface area contributed by atoms with Crippen LogP contribution in [-0.4, -0.2) is 39.8 Å². The first-order valence-corrected chi connectivity index (χ1v) is 12.3. The summed E-state index contributed by atoms with van der Waals surface area (Å²) < 4.78 is 0. The number of Topliss-reactive ketones (excluding diaryl/α,β-unsaturated/α-hetero) is 2. The zero-order valence-corrected chi connectivity index (χ0v) is 20.3. The molecule has 7 heteroatoms. The predicted molar refractivity (Wildman–Crippen MR) is 138 cm³/mol. The number of aliphatic carboxylic acids is 2. The van der Waals surface area contributed by atoms with Crippen molar-refractivity contribution < 1.29 is 29.4 Å². The summed E-state index contributed by atoms with van der Waals surface area (Å²) in [5, 5.41) is 22.4. The van der Waals surface area contributed by atoms with E-state index in [1.165, 1.54) is 0 Å². The average Bonchev–Trinajstić information content (AvgIpc) is 2.98. The van der Waals surface area contributed by atoms with Gasteiger partial charge in [-0.3, -0.25) is 19.2 Å². The molecule has 3 unspecified atom stereocenters. The number of ketones is 2. The summed E-state index contributed by atoms with van der Waals surface area (Å²) in [6.45, 7) is 0.0630. The fraction of sp³-hybridized carbons (Fsp3) is 0.267. The highest BCUT2D eigenvalue weighted by Gasteiger charge is 2.31. The van der Waals surface area contributed by atoms with Crippen LogP contribution in [0.1, 0.15) is 50.2 Å². The second kappa shape index (κ2) is 11.8. The number of rotatable bonds is 11. The molecule has 3 atom stereocenters. The molecule has 0 fully saturated rings. The number of carboxylic acids is 2. The number of hydrogen-bond acceptors (Lipinski definition) is 5. The smallest absolute Gasteiger partial charge is 0.320 e. The van der Waals surface area contributed by atoms with E-state index < -0.39 is 29.8 Å². The summed E-state index contributed by atoms with van der Waals surface area (Å²) in [5.41, 5.74) is 3.25. The molecule has 7 nitrogen and oxygen atoms in total. The fourth-order valence-electron chi connectivity index (χ4n) is 4.83. The molecule has 4 rings (SSSR count). The second-order valence-electron chi connectivity index (χ2n) is 9.48. The number of carbonyl (C=O) groups excluding carboxylic acids is 2. The van der Waals surface area contributed by atoms with Gasteiger partial charge in [-0.15, -0.1) is 0 Å². The number of benzene rings is 3. The van der Waals surface area contributed by atoms with Gasteiger partial charge in [0.15, 0.2) is 11.6 Å². The van der Waals surface area contributed by atoms with E-state index in [0.717, 1.165) is 11.1 Å². The molecule has 0 radical (unpaired) electrons. The highest BCUT2D eigenvalue weighted by molar-refractivity contribution is 6.08. The van der Waals surface area contributed by atoms with E-state index in [0.29, 0.717) is 23.1 Å². The van der Waals surface area contributed by atoms with Crippen LogP contribution in [0.15, 0.2) is 78.9 Å². The monoisotopic (exact) mass is 499 g/mol. The van der Waals surface area contributed by atoms with Crippen molar-refractivity contribution in [1.29, 1.82) is 0 Å².